The van der Waals surface area contributed by atoms with Crippen molar-refractivity contribution in [3.05, 3.63) is 16.1 Å². The number of aromatic nitrogens is 1. The fourth-order valence-corrected chi connectivity index (χ4v) is 3.41. The zero-order valence-electron chi connectivity index (χ0n) is 9.91. The number of rotatable bonds is 3. The second-order valence-electron chi connectivity index (χ2n) is 4.55. The fourth-order valence-electron chi connectivity index (χ4n) is 2.34. The topological polar surface area (TPSA) is 42.0 Å². The summed E-state index contributed by atoms with van der Waals surface area (Å²) < 4.78 is 0. The van der Waals surface area contributed by atoms with Crippen molar-refractivity contribution in [3.8, 4) is 0 Å². The molecule has 1 aliphatic rings. The molecule has 1 saturated carbocycles. The molecule has 1 N–H and O–H groups in total. The van der Waals surface area contributed by atoms with Crippen molar-refractivity contribution in [1.82, 2.24) is 10.3 Å². The van der Waals surface area contributed by atoms with Crippen molar-refractivity contribution in [2.75, 3.05) is 5.88 Å². The highest BCUT2D eigenvalue weighted by atomic mass is 35.5. The van der Waals surface area contributed by atoms with Gasteiger partial charge in [-0.05, 0) is 25.7 Å². The quantitative estimate of drug-likeness (QED) is 0.860. The lowest BCUT2D eigenvalue weighted by Crippen LogP contribution is -2.42. The maximum atomic E-state index is 12.1. The molecule has 0 radical (unpaired) electrons. The lowest BCUT2D eigenvalue weighted by molar-refractivity contribution is 0.0914. The average molecular weight is 273 g/mol. The molecule has 2 unspecified atom stereocenters. The van der Waals surface area contributed by atoms with Gasteiger partial charge in [0.05, 0.1) is 11.2 Å². The number of carbonyl (C=O) groups is 1. The normalized spacial score (nSPS) is 24.6. The number of alkyl halides is 1. The van der Waals surface area contributed by atoms with Gasteiger partial charge in [-0.2, -0.15) is 0 Å². The van der Waals surface area contributed by atoms with Gasteiger partial charge in [-0.3, -0.25) is 4.79 Å². The summed E-state index contributed by atoms with van der Waals surface area (Å²) in [7, 11) is 0. The third kappa shape index (κ3) is 2.99. The van der Waals surface area contributed by atoms with Gasteiger partial charge < -0.3 is 5.32 Å². The Morgan fingerprint density at radius 2 is 2.35 bits per heavy atom. The molecule has 2 rings (SSSR count). The van der Waals surface area contributed by atoms with E-state index >= 15 is 0 Å². The first kappa shape index (κ1) is 12.8. The number of halogens is 1. The Morgan fingerprint density at radius 1 is 1.59 bits per heavy atom. The largest absolute Gasteiger partial charge is 0.348 e. The summed E-state index contributed by atoms with van der Waals surface area (Å²) in [6, 6.07) is 0.232. The second-order valence-corrected chi connectivity index (χ2v) is 5.71. The maximum absolute atomic E-state index is 12.1. The molecule has 1 aromatic rings. The lowest BCUT2D eigenvalue weighted by atomic mass is 9.86. The highest BCUT2D eigenvalue weighted by molar-refractivity contribution is 7.11. The number of nitrogens with one attached hydrogen (secondary N) is 1. The number of amides is 1. The predicted octanol–water partition coefficient (Wildman–Crippen LogP) is 2.98. The van der Waals surface area contributed by atoms with E-state index in [0.29, 0.717) is 11.8 Å². The highest BCUT2D eigenvalue weighted by Gasteiger charge is 2.26. The zero-order chi connectivity index (χ0) is 12.3. The Kier molecular flexibility index (Phi) is 4.40. The van der Waals surface area contributed by atoms with Crippen molar-refractivity contribution in [3.63, 3.8) is 0 Å². The van der Waals surface area contributed by atoms with Crippen molar-refractivity contribution in [2.45, 2.75) is 38.6 Å². The smallest absolute Gasteiger partial charge is 0.263 e. The van der Waals surface area contributed by atoms with Gasteiger partial charge in [-0.15, -0.1) is 22.9 Å². The zero-order valence-corrected chi connectivity index (χ0v) is 11.5. The summed E-state index contributed by atoms with van der Waals surface area (Å²) in [5.41, 5.74) is 2.52. The van der Waals surface area contributed by atoms with Crippen LogP contribution in [-0.2, 0) is 0 Å². The minimum absolute atomic E-state index is 0.00650. The van der Waals surface area contributed by atoms with Gasteiger partial charge in [0.25, 0.3) is 5.91 Å². The van der Waals surface area contributed by atoms with E-state index in [4.69, 9.17) is 11.6 Å². The van der Waals surface area contributed by atoms with Gasteiger partial charge in [0.1, 0.15) is 4.88 Å². The third-order valence-corrected chi connectivity index (χ3v) is 4.70. The molecule has 17 heavy (non-hydrogen) atoms. The van der Waals surface area contributed by atoms with Gasteiger partial charge >= 0.3 is 0 Å². The number of nitrogens with zero attached hydrogens (tertiary/aromatic N) is 1. The van der Waals surface area contributed by atoms with Crippen LogP contribution in [0.1, 0.15) is 41.0 Å². The fraction of sp³-hybridized carbons (Fsp3) is 0.667. The molecule has 1 amide bonds. The number of hydrogen-bond donors (Lipinski definition) is 1. The molecule has 1 aromatic heterocycles. The standard InChI is InChI=1S/C12H17ClN2OS/c1-8-11(17-7-14-8)12(16)15-10-5-3-2-4-9(10)6-13/h7,9-10H,2-6H2,1H3,(H,15,16). The van der Waals surface area contributed by atoms with Crippen LogP contribution in [0.15, 0.2) is 5.51 Å². The summed E-state index contributed by atoms with van der Waals surface area (Å²) in [6.07, 6.45) is 4.57. The minimum atomic E-state index is 0.00650. The second kappa shape index (κ2) is 5.83. The molecule has 0 bridgehead atoms. The number of carbonyl (C=O) groups excluding carboxylic acids is 1. The predicted molar refractivity (Wildman–Crippen MR) is 70.8 cm³/mol. The first-order valence-electron chi connectivity index (χ1n) is 5.99. The first-order valence-corrected chi connectivity index (χ1v) is 7.40. The third-order valence-electron chi connectivity index (χ3n) is 3.38. The molecular formula is C12H17ClN2OS. The summed E-state index contributed by atoms with van der Waals surface area (Å²) in [5.74, 6) is 1.06. The van der Waals surface area contributed by atoms with Gasteiger partial charge in [-0.1, -0.05) is 12.8 Å². The summed E-state index contributed by atoms with van der Waals surface area (Å²) in [4.78, 5) is 16.9. The van der Waals surface area contributed by atoms with Crippen LogP contribution in [0.2, 0.25) is 0 Å². The van der Waals surface area contributed by atoms with Crippen LogP contribution in [0.3, 0.4) is 0 Å². The maximum Gasteiger partial charge on any atom is 0.263 e. The molecule has 0 aliphatic heterocycles. The molecule has 0 saturated heterocycles. The summed E-state index contributed by atoms with van der Waals surface area (Å²) >= 11 is 7.35. The first-order chi connectivity index (χ1) is 8.22. The van der Waals surface area contributed by atoms with E-state index in [2.05, 4.69) is 10.3 Å². The Morgan fingerprint density at radius 3 is 3.00 bits per heavy atom. The monoisotopic (exact) mass is 272 g/mol. The number of aryl methyl sites for hydroxylation is 1. The highest BCUT2D eigenvalue weighted by Crippen LogP contribution is 2.26. The molecule has 0 aromatic carbocycles. The van der Waals surface area contributed by atoms with Crippen LogP contribution in [0, 0.1) is 12.8 Å². The summed E-state index contributed by atoms with van der Waals surface area (Å²) in [6.45, 7) is 1.87. The minimum Gasteiger partial charge on any atom is -0.348 e. The van der Waals surface area contributed by atoms with Crippen molar-refractivity contribution in [2.24, 2.45) is 5.92 Å². The average Bonchev–Trinajstić information content (AvgIpc) is 2.76. The van der Waals surface area contributed by atoms with Gasteiger partial charge in [-0.25, -0.2) is 4.98 Å². The van der Waals surface area contributed by atoms with Crippen LogP contribution in [0.5, 0.6) is 0 Å². The van der Waals surface area contributed by atoms with Gasteiger partial charge in [0.15, 0.2) is 0 Å². The lowest BCUT2D eigenvalue weighted by Gasteiger charge is -2.30. The molecule has 1 fully saturated rings. The summed E-state index contributed by atoms with van der Waals surface area (Å²) in [5, 5.41) is 3.11. The van der Waals surface area contributed by atoms with Crippen LogP contribution in [0.25, 0.3) is 0 Å². The van der Waals surface area contributed by atoms with Crippen molar-refractivity contribution < 1.29 is 4.79 Å². The van der Waals surface area contributed by atoms with Crippen LogP contribution in [-0.4, -0.2) is 22.8 Å². The molecule has 3 nitrogen and oxygen atoms in total. The molecule has 5 heteroatoms. The van der Waals surface area contributed by atoms with Crippen molar-refractivity contribution in [1.29, 1.82) is 0 Å². The van der Waals surface area contributed by atoms with Crippen LogP contribution < -0.4 is 5.32 Å². The SMILES string of the molecule is Cc1ncsc1C(=O)NC1CCCCC1CCl. The van der Waals surface area contributed by atoms with E-state index in [1.54, 1.807) is 5.51 Å². The molecule has 0 spiro atoms. The van der Waals surface area contributed by atoms with Crippen LogP contribution >= 0.6 is 22.9 Å². The Labute approximate surface area is 111 Å². The Hall–Kier alpha value is -0.610. The molecular weight excluding hydrogens is 256 g/mol. The van der Waals surface area contributed by atoms with E-state index < -0.39 is 0 Å². The Bertz CT molecular complexity index is 394. The van der Waals surface area contributed by atoms with E-state index in [0.717, 1.165) is 23.4 Å². The van der Waals surface area contributed by atoms with Gasteiger partial charge in [0, 0.05) is 11.9 Å². The number of hydrogen-bond acceptors (Lipinski definition) is 3. The Balaban J connectivity index is 2.00. The molecule has 1 heterocycles. The van der Waals surface area contributed by atoms with Gasteiger partial charge in [0.2, 0.25) is 0 Å². The van der Waals surface area contributed by atoms with E-state index in [1.165, 1.54) is 24.2 Å². The molecule has 94 valence electrons. The molecule has 1 aliphatic carbocycles. The molecule has 2 atom stereocenters. The van der Waals surface area contributed by atoms with Crippen LogP contribution in [0.4, 0.5) is 0 Å². The van der Waals surface area contributed by atoms with E-state index in [9.17, 15) is 4.79 Å². The van der Waals surface area contributed by atoms with E-state index in [-0.39, 0.29) is 11.9 Å². The number of thiazole rings is 1. The van der Waals surface area contributed by atoms with E-state index in [1.807, 2.05) is 6.92 Å². The van der Waals surface area contributed by atoms with Crippen molar-refractivity contribution >= 4 is 28.8 Å².